The van der Waals surface area contributed by atoms with Crippen LogP contribution < -0.4 is 0 Å². The zero-order valence-corrected chi connectivity index (χ0v) is 11.5. The van der Waals surface area contributed by atoms with E-state index in [0.717, 1.165) is 40.1 Å². The third-order valence-electron chi connectivity index (χ3n) is 2.87. The number of nitrogens with zero attached hydrogens (tertiary/aromatic N) is 2. The fraction of sp³-hybridized carbons (Fsp3) is 0.333. The van der Waals surface area contributed by atoms with Crippen molar-refractivity contribution in [3.05, 3.63) is 33.4 Å². The van der Waals surface area contributed by atoms with E-state index in [9.17, 15) is 5.11 Å². The first-order valence-electron chi connectivity index (χ1n) is 5.53. The Hall–Kier alpha value is -0.780. The van der Waals surface area contributed by atoms with E-state index in [1.165, 1.54) is 4.88 Å². The highest BCUT2D eigenvalue weighted by molar-refractivity contribution is 9.10. The van der Waals surface area contributed by atoms with Gasteiger partial charge in [-0.25, -0.2) is 4.98 Å². The molecule has 2 heterocycles. The van der Waals surface area contributed by atoms with Crippen LogP contribution in [-0.2, 0) is 6.42 Å². The summed E-state index contributed by atoms with van der Waals surface area (Å²) in [5.74, 6) is 0. The van der Waals surface area contributed by atoms with Gasteiger partial charge in [0.25, 0.3) is 0 Å². The van der Waals surface area contributed by atoms with Crippen LogP contribution in [0.3, 0.4) is 0 Å². The number of aliphatic hydroxyl groups excluding tert-OH is 1. The first kappa shape index (κ1) is 11.3. The number of thiazole rings is 1. The van der Waals surface area contributed by atoms with Gasteiger partial charge in [-0.1, -0.05) is 0 Å². The van der Waals surface area contributed by atoms with Crippen molar-refractivity contribution in [3.63, 3.8) is 0 Å². The van der Waals surface area contributed by atoms with E-state index in [2.05, 4.69) is 25.9 Å². The lowest BCUT2D eigenvalue weighted by molar-refractivity contribution is 0.153. The minimum atomic E-state index is -0.390. The Balaban J connectivity index is 2.02. The highest BCUT2D eigenvalue weighted by atomic mass is 79.9. The lowest BCUT2D eigenvalue weighted by atomic mass is 10.0. The lowest BCUT2D eigenvalue weighted by Gasteiger charge is -2.14. The predicted octanol–water partition coefficient (Wildman–Crippen LogP) is 3.34. The van der Waals surface area contributed by atoms with Crippen molar-refractivity contribution >= 4 is 27.3 Å². The molecule has 0 aliphatic heterocycles. The number of halogens is 1. The molecule has 1 aliphatic carbocycles. The third kappa shape index (κ3) is 2.14. The molecule has 0 saturated heterocycles. The van der Waals surface area contributed by atoms with Gasteiger partial charge in [-0.3, -0.25) is 4.98 Å². The maximum absolute atomic E-state index is 9.88. The fourth-order valence-electron chi connectivity index (χ4n) is 2.01. The molecule has 1 atom stereocenters. The summed E-state index contributed by atoms with van der Waals surface area (Å²) in [6, 6.07) is 3.90. The maximum atomic E-state index is 9.88. The fourth-order valence-corrected chi connectivity index (χ4v) is 3.38. The number of aliphatic hydroxyl groups is 1. The first-order valence-corrected chi connectivity index (χ1v) is 7.14. The van der Waals surface area contributed by atoms with Gasteiger partial charge >= 0.3 is 0 Å². The van der Waals surface area contributed by atoms with E-state index in [4.69, 9.17) is 0 Å². The van der Waals surface area contributed by atoms with Gasteiger partial charge in [0.05, 0.1) is 17.5 Å². The summed E-state index contributed by atoms with van der Waals surface area (Å²) < 4.78 is 0.961. The molecule has 2 aromatic rings. The highest BCUT2D eigenvalue weighted by Crippen LogP contribution is 2.36. The average Bonchev–Trinajstić information content (AvgIpc) is 2.75. The van der Waals surface area contributed by atoms with Crippen molar-refractivity contribution in [3.8, 4) is 10.7 Å². The molecule has 3 nitrogen and oxygen atoms in total. The van der Waals surface area contributed by atoms with Crippen LogP contribution in [0.4, 0.5) is 0 Å². The molecule has 1 unspecified atom stereocenters. The molecule has 1 aliphatic rings. The van der Waals surface area contributed by atoms with Crippen LogP contribution in [-0.4, -0.2) is 15.1 Å². The molecule has 88 valence electrons. The molecule has 3 rings (SSSR count). The number of fused-ring (bicyclic) bond motifs is 1. The van der Waals surface area contributed by atoms with E-state index < -0.39 is 0 Å². The number of hydrogen-bond donors (Lipinski definition) is 1. The van der Waals surface area contributed by atoms with Gasteiger partial charge in [0.15, 0.2) is 0 Å². The number of rotatable bonds is 1. The topological polar surface area (TPSA) is 46.0 Å². The monoisotopic (exact) mass is 310 g/mol. The SMILES string of the molecule is OC1CCCc2sc(-c3ccc(Br)cn3)nc21. The first-order chi connectivity index (χ1) is 8.24. The normalized spacial score (nSPS) is 19.1. The van der Waals surface area contributed by atoms with Crippen molar-refractivity contribution in [2.75, 3.05) is 0 Å². The lowest BCUT2D eigenvalue weighted by Crippen LogP contribution is -2.07. The Labute approximate surface area is 112 Å². The van der Waals surface area contributed by atoms with Crippen molar-refractivity contribution in [2.45, 2.75) is 25.4 Å². The zero-order chi connectivity index (χ0) is 11.8. The Bertz CT molecular complexity index is 538. The second-order valence-electron chi connectivity index (χ2n) is 4.10. The molecule has 0 amide bonds. The van der Waals surface area contributed by atoms with Gasteiger partial charge in [0, 0.05) is 15.5 Å². The van der Waals surface area contributed by atoms with Crippen molar-refractivity contribution < 1.29 is 5.11 Å². The molecule has 1 N–H and O–H groups in total. The quantitative estimate of drug-likeness (QED) is 0.878. The van der Waals surface area contributed by atoms with Gasteiger partial charge < -0.3 is 5.11 Å². The second-order valence-corrected chi connectivity index (χ2v) is 6.10. The number of pyridine rings is 1. The Kier molecular flexibility index (Phi) is 2.98. The van der Waals surface area contributed by atoms with Gasteiger partial charge in [0.1, 0.15) is 5.01 Å². The van der Waals surface area contributed by atoms with E-state index in [1.807, 2.05) is 12.1 Å². The molecular weight excluding hydrogens is 300 g/mol. The summed E-state index contributed by atoms with van der Waals surface area (Å²) in [4.78, 5) is 10.1. The molecule has 0 bridgehead atoms. The van der Waals surface area contributed by atoms with E-state index >= 15 is 0 Å². The Morgan fingerprint density at radius 2 is 2.29 bits per heavy atom. The van der Waals surface area contributed by atoms with Gasteiger partial charge in [-0.05, 0) is 47.3 Å². The summed E-state index contributed by atoms with van der Waals surface area (Å²) in [6.07, 6.45) is 4.28. The average molecular weight is 311 g/mol. The second kappa shape index (κ2) is 4.48. The number of hydrogen-bond acceptors (Lipinski definition) is 4. The Morgan fingerprint density at radius 3 is 3.00 bits per heavy atom. The van der Waals surface area contributed by atoms with Crippen LogP contribution >= 0.6 is 27.3 Å². The van der Waals surface area contributed by atoms with E-state index in [0.29, 0.717) is 0 Å². The van der Waals surface area contributed by atoms with E-state index in [1.54, 1.807) is 17.5 Å². The zero-order valence-electron chi connectivity index (χ0n) is 9.06. The minimum absolute atomic E-state index is 0.390. The smallest absolute Gasteiger partial charge is 0.142 e. The van der Waals surface area contributed by atoms with Crippen molar-refractivity contribution in [1.82, 2.24) is 9.97 Å². The molecule has 0 fully saturated rings. The van der Waals surface area contributed by atoms with Gasteiger partial charge in [-0.15, -0.1) is 11.3 Å². The number of aromatic nitrogens is 2. The summed E-state index contributed by atoms with van der Waals surface area (Å²) in [5.41, 5.74) is 1.74. The standard InChI is InChI=1S/C12H11BrN2OS/c13-7-4-5-8(14-6-7)12-15-11-9(16)2-1-3-10(11)17-12/h4-6,9,16H,1-3H2. The summed E-state index contributed by atoms with van der Waals surface area (Å²) in [6.45, 7) is 0. The van der Waals surface area contributed by atoms with Crippen molar-refractivity contribution in [1.29, 1.82) is 0 Å². The largest absolute Gasteiger partial charge is 0.387 e. The molecule has 0 spiro atoms. The van der Waals surface area contributed by atoms with Crippen LogP contribution in [0.1, 0.15) is 29.5 Å². The molecule has 0 aromatic carbocycles. The molecule has 0 radical (unpaired) electrons. The van der Waals surface area contributed by atoms with Crippen molar-refractivity contribution in [2.24, 2.45) is 0 Å². The van der Waals surface area contributed by atoms with E-state index in [-0.39, 0.29) is 6.10 Å². The van der Waals surface area contributed by atoms with Crippen LogP contribution in [0.25, 0.3) is 10.7 Å². The molecule has 0 saturated carbocycles. The van der Waals surface area contributed by atoms with Gasteiger partial charge in [-0.2, -0.15) is 0 Å². The third-order valence-corrected chi connectivity index (χ3v) is 4.49. The maximum Gasteiger partial charge on any atom is 0.142 e. The van der Waals surface area contributed by atoms with Crippen LogP contribution in [0.5, 0.6) is 0 Å². The summed E-state index contributed by atoms with van der Waals surface area (Å²) in [7, 11) is 0. The molecule has 5 heteroatoms. The Morgan fingerprint density at radius 1 is 1.41 bits per heavy atom. The van der Waals surface area contributed by atoms with Gasteiger partial charge in [0.2, 0.25) is 0 Å². The summed E-state index contributed by atoms with van der Waals surface area (Å²) in [5, 5.41) is 10.8. The molecule has 2 aromatic heterocycles. The predicted molar refractivity (Wildman–Crippen MR) is 70.9 cm³/mol. The summed E-state index contributed by atoms with van der Waals surface area (Å²) >= 11 is 5.01. The highest BCUT2D eigenvalue weighted by Gasteiger charge is 2.23. The number of aryl methyl sites for hydroxylation is 1. The minimum Gasteiger partial charge on any atom is -0.387 e. The molecular formula is C12H11BrN2OS. The molecule has 17 heavy (non-hydrogen) atoms. The van der Waals surface area contributed by atoms with Crippen LogP contribution in [0.2, 0.25) is 0 Å². The van der Waals surface area contributed by atoms with Crippen LogP contribution in [0.15, 0.2) is 22.8 Å². The van der Waals surface area contributed by atoms with Crippen LogP contribution in [0, 0.1) is 0 Å².